The molecule has 0 bridgehead atoms. The maximum atomic E-state index is 12.8. The lowest BCUT2D eigenvalue weighted by Crippen LogP contribution is -2.39. The third-order valence-electron chi connectivity index (χ3n) is 4.89. The minimum absolute atomic E-state index is 0.0264. The van der Waals surface area contributed by atoms with Crippen molar-refractivity contribution in [2.45, 2.75) is 19.3 Å². The number of rotatable bonds is 5. The zero-order valence-electron chi connectivity index (χ0n) is 15.0. The van der Waals surface area contributed by atoms with E-state index in [0.717, 1.165) is 38.2 Å². The number of nitrogens with zero attached hydrogens (tertiary/aromatic N) is 3. The Labute approximate surface area is 163 Å². The second kappa shape index (κ2) is 8.31. The number of anilines is 2. The molecule has 4 rings (SSSR count). The molecule has 1 aromatic carbocycles. The SMILES string of the molecule is O=C(c1csc(Nc2ccccn2)n1)N1CCC(Cc2ccccc2)CC1. The Morgan fingerprint density at radius 1 is 1.11 bits per heavy atom. The molecular formula is C21H22N4OS. The van der Waals surface area contributed by atoms with Gasteiger partial charge in [-0.3, -0.25) is 4.79 Å². The summed E-state index contributed by atoms with van der Waals surface area (Å²) in [6.07, 6.45) is 4.91. The standard InChI is InChI=1S/C21H22N4OS/c26-20(18-15-27-21(23-18)24-19-8-4-5-11-22-19)25-12-9-17(10-13-25)14-16-6-2-1-3-7-16/h1-8,11,15,17H,9-10,12-14H2,(H,22,23,24). The van der Waals surface area contributed by atoms with Crippen molar-refractivity contribution in [3.8, 4) is 0 Å². The highest BCUT2D eigenvalue weighted by Gasteiger charge is 2.25. The van der Waals surface area contributed by atoms with Crippen molar-refractivity contribution in [3.05, 3.63) is 71.4 Å². The molecule has 27 heavy (non-hydrogen) atoms. The second-order valence-corrected chi connectivity index (χ2v) is 7.66. The fraction of sp³-hybridized carbons (Fsp3) is 0.286. The van der Waals surface area contributed by atoms with Gasteiger partial charge < -0.3 is 10.2 Å². The molecule has 1 aliphatic heterocycles. The number of pyridine rings is 1. The lowest BCUT2D eigenvalue weighted by Gasteiger charge is -2.31. The number of carbonyl (C=O) groups is 1. The van der Waals surface area contributed by atoms with Crippen LogP contribution in [0, 0.1) is 5.92 Å². The summed E-state index contributed by atoms with van der Waals surface area (Å²) in [5.74, 6) is 1.40. The predicted octanol–water partition coefficient (Wildman–Crippen LogP) is 4.38. The maximum Gasteiger partial charge on any atom is 0.273 e. The van der Waals surface area contributed by atoms with Crippen LogP contribution in [-0.4, -0.2) is 33.9 Å². The van der Waals surface area contributed by atoms with E-state index in [-0.39, 0.29) is 5.91 Å². The summed E-state index contributed by atoms with van der Waals surface area (Å²) in [5, 5.41) is 5.66. The van der Waals surface area contributed by atoms with Gasteiger partial charge in [-0.25, -0.2) is 9.97 Å². The van der Waals surface area contributed by atoms with Crippen LogP contribution < -0.4 is 5.32 Å². The van der Waals surface area contributed by atoms with Crippen LogP contribution in [0.15, 0.2) is 60.1 Å². The van der Waals surface area contributed by atoms with Gasteiger partial charge in [0.25, 0.3) is 5.91 Å². The molecule has 0 aliphatic carbocycles. The van der Waals surface area contributed by atoms with E-state index in [9.17, 15) is 4.79 Å². The van der Waals surface area contributed by atoms with Gasteiger partial charge in [-0.05, 0) is 42.9 Å². The fourth-order valence-electron chi connectivity index (χ4n) is 3.43. The number of likely N-dealkylation sites (tertiary alicyclic amines) is 1. The van der Waals surface area contributed by atoms with E-state index < -0.39 is 0 Å². The number of aromatic nitrogens is 2. The first-order chi connectivity index (χ1) is 13.3. The molecule has 2 aromatic heterocycles. The van der Waals surface area contributed by atoms with Gasteiger partial charge in [0.2, 0.25) is 0 Å². The van der Waals surface area contributed by atoms with Gasteiger partial charge in [0.05, 0.1) is 0 Å². The monoisotopic (exact) mass is 378 g/mol. The molecule has 138 valence electrons. The summed E-state index contributed by atoms with van der Waals surface area (Å²) >= 11 is 1.43. The smallest absolute Gasteiger partial charge is 0.273 e. The summed E-state index contributed by atoms with van der Waals surface area (Å²) in [7, 11) is 0. The molecule has 1 amide bonds. The van der Waals surface area contributed by atoms with E-state index in [1.165, 1.54) is 16.9 Å². The Kier molecular flexibility index (Phi) is 5.44. The molecule has 3 heterocycles. The van der Waals surface area contributed by atoms with Crippen LogP contribution >= 0.6 is 11.3 Å². The van der Waals surface area contributed by atoms with Gasteiger partial charge in [0.1, 0.15) is 11.5 Å². The molecule has 0 spiro atoms. The van der Waals surface area contributed by atoms with Gasteiger partial charge in [0, 0.05) is 24.7 Å². The predicted molar refractivity (Wildman–Crippen MR) is 108 cm³/mol. The Morgan fingerprint density at radius 2 is 1.89 bits per heavy atom. The molecule has 0 radical (unpaired) electrons. The average Bonchev–Trinajstić information content (AvgIpc) is 3.18. The van der Waals surface area contributed by atoms with Gasteiger partial charge >= 0.3 is 0 Å². The number of carbonyl (C=O) groups excluding carboxylic acids is 1. The topological polar surface area (TPSA) is 58.1 Å². The molecule has 1 fully saturated rings. The van der Waals surface area contributed by atoms with Crippen LogP contribution in [0.1, 0.15) is 28.9 Å². The minimum Gasteiger partial charge on any atom is -0.337 e. The second-order valence-electron chi connectivity index (χ2n) is 6.80. The van der Waals surface area contributed by atoms with Gasteiger partial charge in [-0.2, -0.15) is 0 Å². The molecule has 0 atom stereocenters. The Morgan fingerprint density at radius 3 is 2.63 bits per heavy atom. The van der Waals surface area contributed by atoms with Crippen LogP contribution in [0.3, 0.4) is 0 Å². The average molecular weight is 379 g/mol. The maximum absolute atomic E-state index is 12.8. The van der Waals surface area contributed by atoms with Crippen molar-refractivity contribution in [1.29, 1.82) is 0 Å². The van der Waals surface area contributed by atoms with E-state index in [0.29, 0.717) is 16.7 Å². The molecule has 1 aliphatic rings. The summed E-state index contributed by atoms with van der Waals surface area (Å²) in [4.78, 5) is 23.4. The van der Waals surface area contributed by atoms with Crippen molar-refractivity contribution in [3.63, 3.8) is 0 Å². The number of hydrogen-bond donors (Lipinski definition) is 1. The van der Waals surface area contributed by atoms with Crippen LogP contribution in [0.5, 0.6) is 0 Å². The first-order valence-corrected chi connectivity index (χ1v) is 10.1. The number of thiazole rings is 1. The highest BCUT2D eigenvalue weighted by atomic mass is 32.1. The summed E-state index contributed by atoms with van der Waals surface area (Å²) < 4.78 is 0. The van der Waals surface area contributed by atoms with Crippen molar-refractivity contribution in [2.75, 3.05) is 18.4 Å². The molecule has 0 saturated carbocycles. The zero-order chi connectivity index (χ0) is 18.5. The number of piperidine rings is 1. The van der Waals surface area contributed by atoms with Crippen LogP contribution in [0.4, 0.5) is 10.9 Å². The molecule has 1 saturated heterocycles. The zero-order valence-corrected chi connectivity index (χ0v) is 15.9. The van der Waals surface area contributed by atoms with E-state index >= 15 is 0 Å². The Bertz CT molecular complexity index is 873. The third-order valence-corrected chi connectivity index (χ3v) is 5.65. The van der Waals surface area contributed by atoms with Crippen molar-refractivity contribution < 1.29 is 4.79 Å². The van der Waals surface area contributed by atoms with E-state index in [1.54, 1.807) is 6.20 Å². The number of nitrogens with one attached hydrogen (secondary N) is 1. The van der Waals surface area contributed by atoms with Gasteiger partial charge in [-0.1, -0.05) is 36.4 Å². The quantitative estimate of drug-likeness (QED) is 0.716. The Balaban J connectivity index is 1.32. The highest BCUT2D eigenvalue weighted by Crippen LogP contribution is 2.25. The lowest BCUT2D eigenvalue weighted by atomic mass is 9.90. The molecular weight excluding hydrogens is 356 g/mol. The molecule has 1 N–H and O–H groups in total. The minimum atomic E-state index is 0.0264. The lowest BCUT2D eigenvalue weighted by molar-refractivity contribution is 0.0685. The fourth-order valence-corrected chi connectivity index (χ4v) is 4.12. The molecule has 5 nitrogen and oxygen atoms in total. The normalized spacial score (nSPS) is 14.9. The molecule has 0 unspecified atom stereocenters. The van der Waals surface area contributed by atoms with Crippen LogP contribution in [-0.2, 0) is 6.42 Å². The first kappa shape index (κ1) is 17.7. The summed E-state index contributed by atoms with van der Waals surface area (Å²) in [5.41, 5.74) is 1.90. The van der Waals surface area contributed by atoms with Crippen LogP contribution in [0.2, 0.25) is 0 Å². The largest absolute Gasteiger partial charge is 0.337 e. The van der Waals surface area contributed by atoms with E-state index in [2.05, 4.69) is 45.6 Å². The molecule has 6 heteroatoms. The first-order valence-electron chi connectivity index (χ1n) is 9.25. The van der Waals surface area contributed by atoms with Crippen molar-refractivity contribution in [2.24, 2.45) is 5.92 Å². The van der Waals surface area contributed by atoms with E-state index in [1.807, 2.05) is 28.5 Å². The van der Waals surface area contributed by atoms with Gasteiger partial charge in [0.15, 0.2) is 5.13 Å². The highest BCUT2D eigenvalue weighted by molar-refractivity contribution is 7.14. The van der Waals surface area contributed by atoms with Crippen molar-refractivity contribution in [1.82, 2.24) is 14.9 Å². The number of hydrogen-bond acceptors (Lipinski definition) is 5. The third kappa shape index (κ3) is 4.52. The molecule has 3 aromatic rings. The number of amides is 1. The van der Waals surface area contributed by atoms with Gasteiger partial charge in [-0.15, -0.1) is 11.3 Å². The Hall–Kier alpha value is -2.73. The van der Waals surface area contributed by atoms with Crippen LogP contribution in [0.25, 0.3) is 0 Å². The summed E-state index contributed by atoms with van der Waals surface area (Å²) in [6.45, 7) is 1.60. The van der Waals surface area contributed by atoms with Crippen molar-refractivity contribution >= 4 is 28.2 Å². The van der Waals surface area contributed by atoms with E-state index in [4.69, 9.17) is 0 Å². The summed E-state index contributed by atoms with van der Waals surface area (Å²) in [6, 6.07) is 16.2. The number of benzene rings is 1.